The van der Waals surface area contributed by atoms with Gasteiger partial charge in [-0.3, -0.25) is 0 Å². The van der Waals surface area contributed by atoms with E-state index in [0.29, 0.717) is 0 Å². The first-order chi connectivity index (χ1) is 6.76. The van der Waals surface area contributed by atoms with Gasteiger partial charge in [-0.15, -0.1) is 0 Å². The highest BCUT2D eigenvalue weighted by atomic mass is 16.6. The summed E-state index contributed by atoms with van der Waals surface area (Å²) in [5, 5.41) is 0. The summed E-state index contributed by atoms with van der Waals surface area (Å²) in [6, 6.07) is 0. The number of hydrogen-bond acceptors (Lipinski definition) is 4. The lowest BCUT2D eigenvalue weighted by Gasteiger charge is -2.37. The molecule has 2 atom stereocenters. The van der Waals surface area contributed by atoms with E-state index in [-0.39, 0.29) is 24.2 Å². The van der Waals surface area contributed by atoms with E-state index in [2.05, 4.69) is 0 Å². The fraction of sp³-hybridized carbons (Fsp3) is 0.900. The van der Waals surface area contributed by atoms with Crippen LogP contribution in [0.4, 0.5) is 0 Å². The van der Waals surface area contributed by atoms with Gasteiger partial charge in [-0.05, 0) is 12.8 Å². The zero-order chi connectivity index (χ0) is 10.6. The first kappa shape index (κ1) is 11.6. The molecule has 4 nitrogen and oxygen atoms in total. The van der Waals surface area contributed by atoms with Crippen molar-refractivity contribution in [1.29, 1.82) is 0 Å². The zero-order valence-electron chi connectivity index (χ0n) is 8.93. The topological polar surface area (TPSA) is 44.8 Å². The second kappa shape index (κ2) is 5.44. The van der Waals surface area contributed by atoms with Crippen molar-refractivity contribution in [2.75, 3.05) is 21.3 Å². The lowest BCUT2D eigenvalue weighted by Crippen LogP contribution is -2.47. The fourth-order valence-corrected chi connectivity index (χ4v) is 2.08. The van der Waals surface area contributed by atoms with Gasteiger partial charge in [-0.1, -0.05) is 0 Å². The molecule has 0 aromatic heterocycles. The molecule has 1 aliphatic rings. The second-order valence-electron chi connectivity index (χ2n) is 3.62. The van der Waals surface area contributed by atoms with Crippen molar-refractivity contribution in [3.8, 4) is 0 Å². The summed E-state index contributed by atoms with van der Waals surface area (Å²) in [5.41, 5.74) is 0. The second-order valence-corrected chi connectivity index (χ2v) is 3.62. The molecule has 4 heteroatoms. The quantitative estimate of drug-likeness (QED) is 0.628. The third-order valence-electron chi connectivity index (χ3n) is 2.87. The molecular formula is C10H18O4. The smallest absolute Gasteiger partial charge is 0.123 e. The van der Waals surface area contributed by atoms with Crippen LogP contribution >= 0.6 is 0 Å². The van der Waals surface area contributed by atoms with E-state index < -0.39 is 0 Å². The maximum absolute atomic E-state index is 10.7. The number of ether oxygens (including phenoxy) is 3. The van der Waals surface area contributed by atoms with Gasteiger partial charge in [0, 0.05) is 27.2 Å². The van der Waals surface area contributed by atoms with Crippen LogP contribution in [0.25, 0.3) is 0 Å². The Morgan fingerprint density at radius 2 is 1.50 bits per heavy atom. The number of methoxy groups -OCH3 is 3. The van der Waals surface area contributed by atoms with Crippen molar-refractivity contribution in [2.24, 2.45) is 5.92 Å². The first-order valence-corrected chi connectivity index (χ1v) is 4.80. The highest BCUT2D eigenvalue weighted by molar-refractivity contribution is 5.54. The van der Waals surface area contributed by atoms with Crippen LogP contribution in [0.3, 0.4) is 0 Å². The average Bonchev–Trinajstić information content (AvgIpc) is 2.26. The number of rotatable bonds is 4. The highest BCUT2D eigenvalue weighted by Gasteiger charge is 2.38. The molecule has 1 rings (SSSR count). The summed E-state index contributed by atoms with van der Waals surface area (Å²) in [5.74, 6) is 0.0244. The molecule has 0 aromatic carbocycles. The molecule has 0 amide bonds. The predicted molar refractivity (Wildman–Crippen MR) is 51.2 cm³/mol. The summed E-state index contributed by atoms with van der Waals surface area (Å²) in [4.78, 5) is 10.7. The van der Waals surface area contributed by atoms with Crippen LogP contribution in [0.5, 0.6) is 0 Å². The molecule has 1 aliphatic carbocycles. The maximum atomic E-state index is 10.7. The molecule has 1 fully saturated rings. The molecule has 0 unspecified atom stereocenters. The van der Waals surface area contributed by atoms with Gasteiger partial charge in [0.1, 0.15) is 12.4 Å². The van der Waals surface area contributed by atoms with Crippen molar-refractivity contribution in [2.45, 2.75) is 31.2 Å². The Morgan fingerprint density at radius 3 is 1.79 bits per heavy atom. The average molecular weight is 202 g/mol. The molecule has 0 aliphatic heterocycles. The molecule has 82 valence electrons. The minimum atomic E-state index is -0.0683. The maximum Gasteiger partial charge on any atom is 0.123 e. The third-order valence-corrected chi connectivity index (χ3v) is 2.87. The first-order valence-electron chi connectivity index (χ1n) is 4.80. The Hall–Kier alpha value is -0.450. The van der Waals surface area contributed by atoms with Gasteiger partial charge >= 0.3 is 0 Å². The fourth-order valence-electron chi connectivity index (χ4n) is 2.08. The number of aldehydes is 1. The Bertz CT molecular complexity index is 169. The van der Waals surface area contributed by atoms with Gasteiger partial charge in [0.25, 0.3) is 0 Å². The molecule has 0 aromatic rings. The van der Waals surface area contributed by atoms with Gasteiger partial charge in [-0.2, -0.15) is 0 Å². The minimum Gasteiger partial charge on any atom is -0.379 e. The van der Waals surface area contributed by atoms with Gasteiger partial charge < -0.3 is 19.0 Å². The van der Waals surface area contributed by atoms with Crippen molar-refractivity contribution in [1.82, 2.24) is 0 Å². The van der Waals surface area contributed by atoms with Crippen LogP contribution in [-0.4, -0.2) is 45.9 Å². The molecular weight excluding hydrogens is 184 g/mol. The van der Waals surface area contributed by atoms with Crippen molar-refractivity contribution < 1.29 is 19.0 Å². The van der Waals surface area contributed by atoms with Crippen LogP contribution in [-0.2, 0) is 19.0 Å². The third kappa shape index (κ3) is 2.32. The Kier molecular flexibility index (Phi) is 4.51. The van der Waals surface area contributed by atoms with E-state index in [0.717, 1.165) is 19.1 Å². The Balaban J connectivity index is 2.68. The van der Waals surface area contributed by atoms with Crippen LogP contribution < -0.4 is 0 Å². The summed E-state index contributed by atoms with van der Waals surface area (Å²) in [6.45, 7) is 0. The molecule has 0 spiro atoms. The predicted octanol–water partition coefficient (Wildman–Crippen LogP) is 0.640. The van der Waals surface area contributed by atoms with Gasteiger partial charge in [0.2, 0.25) is 0 Å². The van der Waals surface area contributed by atoms with E-state index in [4.69, 9.17) is 14.2 Å². The molecule has 0 N–H and O–H groups in total. The van der Waals surface area contributed by atoms with Gasteiger partial charge in [-0.25, -0.2) is 0 Å². The van der Waals surface area contributed by atoms with E-state index in [1.807, 2.05) is 0 Å². The molecule has 0 radical (unpaired) electrons. The zero-order valence-corrected chi connectivity index (χ0v) is 8.93. The normalized spacial score (nSPS) is 38.2. The molecule has 0 bridgehead atoms. The molecule has 1 saturated carbocycles. The number of carbonyl (C=O) groups excluding carboxylic acids is 1. The lowest BCUT2D eigenvalue weighted by molar-refractivity contribution is -0.146. The summed E-state index contributed by atoms with van der Waals surface area (Å²) in [7, 11) is 4.91. The Morgan fingerprint density at radius 1 is 1.00 bits per heavy atom. The largest absolute Gasteiger partial charge is 0.379 e. The van der Waals surface area contributed by atoms with E-state index in [1.165, 1.54) is 0 Å². The molecule has 14 heavy (non-hydrogen) atoms. The SMILES string of the molecule is COC1[C@H](OC)CC(C=O)C[C@H]1OC. The number of carbonyl (C=O) groups is 1. The monoisotopic (exact) mass is 202 g/mol. The summed E-state index contributed by atoms with van der Waals surface area (Å²) < 4.78 is 15.9. The number of hydrogen-bond donors (Lipinski definition) is 0. The highest BCUT2D eigenvalue weighted by Crippen LogP contribution is 2.28. The summed E-state index contributed by atoms with van der Waals surface area (Å²) >= 11 is 0. The van der Waals surface area contributed by atoms with Crippen LogP contribution in [0.1, 0.15) is 12.8 Å². The lowest BCUT2D eigenvalue weighted by atomic mass is 9.84. The molecule has 0 heterocycles. The van der Waals surface area contributed by atoms with Crippen molar-refractivity contribution >= 4 is 6.29 Å². The van der Waals surface area contributed by atoms with E-state index in [9.17, 15) is 4.79 Å². The molecule has 0 saturated heterocycles. The standard InChI is InChI=1S/C10H18O4/c1-12-8-4-7(6-11)5-9(13-2)10(8)14-3/h6-10H,4-5H2,1-3H3/t7?,8-,9-,10?/m1/s1. The van der Waals surface area contributed by atoms with Crippen LogP contribution in [0, 0.1) is 5.92 Å². The Labute approximate surface area is 84.5 Å². The van der Waals surface area contributed by atoms with E-state index in [1.54, 1.807) is 21.3 Å². The van der Waals surface area contributed by atoms with Crippen LogP contribution in [0.15, 0.2) is 0 Å². The van der Waals surface area contributed by atoms with Crippen molar-refractivity contribution in [3.05, 3.63) is 0 Å². The van der Waals surface area contributed by atoms with Crippen LogP contribution in [0.2, 0.25) is 0 Å². The van der Waals surface area contributed by atoms with Crippen molar-refractivity contribution in [3.63, 3.8) is 0 Å². The minimum absolute atomic E-state index is 0.0244. The van der Waals surface area contributed by atoms with Gasteiger partial charge in [0.05, 0.1) is 12.2 Å². The van der Waals surface area contributed by atoms with Gasteiger partial charge in [0.15, 0.2) is 0 Å². The van der Waals surface area contributed by atoms with E-state index >= 15 is 0 Å². The summed E-state index contributed by atoms with van der Waals surface area (Å²) in [6.07, 6.45) is 2.25.